The summed E-state index contributed by atoms with van der Waals surface area (Å²) < 4.78 is 6.83. The van der Waals surface area contributed by atoms with E-state index in [9.17, 15) is 4.79 Å². The van der Waals surface area contributed by atoms with Gasteiger partial charge in [0.2, 0.25) is 5.89 Å². The van der Waals surface area contributed by atoms with Crippen LogP contribution in [0.1, 0.15) is 21.5 Å². The SMILES string of the molecule is Cc1cc(C)cc(C(=O)NC(=S)Nc2ccc3oc(-c4ccc(Br)cc4)nc3c2)c1. The van der Waals surface area contributed by atoms with Crippen LogP contribution in [-0.4, -0.2) is 16.0 Å². The maximum atomic E-state index is 12.5. The van der Waals surface area contributed by atoms with Gasteiger partial charge in [-0.05, 0) is 80.7 Å². The summed E-state index contributed by atoms with van der Waals surface area (Å²) in [4.78, 5) is 17.0. The lowest BCUT2D eigenvalue weighted by Crippen LogP contribution is -2.34. The van der Waals surface area contributed by atoms with E-state index in [2.05, 4.69) is 31.5 Å². The van der Waals surface area contributed by atoms with Gasteiger partial charge in [0.05, 0.1) is 0 Å². The summed E-state index contributed by atoms with van der Waals surface area (Å²) in [6.45, 7) is 3.91. The average Bonchev–Trinajstić information content (AvgIpc) is 3.11. The predicted molar refractivity (Wildman–Crippen MR) is 127 cm³/mol. The summed E-state index contributed by atoms with van der Waals surface area (Å²) in [5.74, 6) is 0.291. The Labute approximate surface area is 187 Å². The summed E-state index contributed by atoms with van der Waals surface area (Å²) in [5.41, 5.74) is 5.59. The van der Waals surface area contributed by atoms with Crippen molar-refractivity contribution in [2.45, 2.75) is 13.8 Å². The molecule has 0 aliphatic carbocycles. The van der Waals surface area contributed by atoms with Gasteiger partial charge in [-0.1, -0.05) is 33.1 Å². The largest absolute Gasteiger partial charge is 0.436 e. The van der Waals surface area contributed by atoms with E-state index in [-0.39, 0.29) is 11.0 Å². The Balaban J connectivity index is 1.48. The number of benzene rings is 3. The highest BCUT2D eigenvalue weighted by atomic mass is 79.9. The molecular weight excluding hydrogens is 462 g/mol. The standard InChI is InChI=1S/C23H18BrN3O2S/c1-13-9-14(2)11-16(10-13)21(28)27-23(30)25-18-7-8-20-19(12-18)26-22(29-20)15-3-5-17(24)6-4-15/h3-12H,1-2H3,(H2,25,27,28,30). The minimum atomic E-state index is -0.251. The van der Waals surface area contributed by atoms with Gasteiger partial charge in [0.15, 0.2) is 10.7 Å². The van der Waals surface area contributed by atoms with Crippen molar-refractivity contribution in [3.63, 3.8) is 0 Å². The molecule has 0 atom stereocenters. The average molecular weight is 480 g/mol. The highest BCUT2D eigenvalue weighted by Gasteiger charge is 2.11. The Bertz CT molecular complexity index is 1250. The molecule has 2 N–H and O–H groups in total. The van der Waals surface area contributed by atoms with E-state index in [1.807, 2.05) is 74.5 Å². The Morgan fingerprint density at radius 2 is 1.70 bits per heavy atom. The maximum absolute atomic E-state index is 12.5. The topological polar surface area (TPSA) is 67.2 Å². The molecule has 0 spiro atoms. The second-order valence-corrected chi connectivity index (χ2v) is 8.32. The number of carbonyl (C=O) groups is 1. The number of hydrogen-bond acceptors (Lipinski definition) is 4. The molecule has 30 heavy (non-hydrogen) atoms. The summed E-state index contributed by atoms with van der Waals surface area (Å²) >= 11 is 8.73. The van der Waals surface area contributed by atoms with Gasteiger partial charge >= 0.3 is 0 Å². The molecule has 0 unspecified atom stereocenters. The minimum Gasteiger partial charge on any atom is -0.436 e. The van der Waals surface area contributed by atoms with Crippen LogP contribution in [0, 0.1) is 13.8 Å². The monoisotopic (exact) mass is 479 g/mol. The van der Waals surface area contributed by atoms with Crippen molar-refractivity contribution in [1.29, 1.82) is 0 Å². The third-order valence-corrected chi connectivity index (χ3v) is 5.18. The second kappa shape index (κ2) is 8.38. The van der Waals surface area contributed by atoms with Crippen LogP contribution in [0.3, 0.4) is 0 Å². The van der Waals surface area contributed by atoms with Gasteiger partial charge in [0.25, 0.3) is 5.91 Å². The van der Waals surface area contributed by atoms with E-state index in [0.29, 0.717) is 28.2 Å². The Hall–Kier alpha value is -3.03. The van der Waals surface area contributed by atoms with Gasteiger partial charge in [-0.15, -0.1) is 0 Å². The van der Waals surface area contributed by atoms with Gasteiger partial charge in [-0.2, -0.15) is 0 Å². The van der Waals surface area contributed by atoms with Crippen molar-refractivity contribution in [3.05, 3.63) is 81.8 Å². The van der Waals surface area contributed by atoms with Crippen LogP contribution in [0.15, 0.2) is 69.6 Å². The molecular formula is C23H18BrN3O2S. The third-order valence-electron chi connectivity index (χ3n) is 4.45. The van der Waals surface area contributed by atoms with Gasteiger partial charge < -0.3 is 9.73 Å². The van der Waals surface area contributed by atoms with E-state index in [0.717, 1.165) is 21.2 Å². The zero-order valence-electron chi connectivity index (χ0n) is 16.3. The molecule has 4 aromatic rings. The lowest BCUT2D eigenvalue weighted by atomic mass is 10.1. The lowest BCUT2D eigenvalue weighted by molar-refractivity contribution is 0.0977. The van der Waals surface area contributed by atoms with Crippen LogP contribution in [0.2, 0.25) is 0 Å². The first kappa shape index (κ1) is 20.3. The molecule has 1 heterocycles. The van der Waals surface area contributed by atoms with Crippen molar-refractivity contribution >= 4 is 56.0 Å². The van der Waals surface area contributed by atoms with Crippen LogP contribution in [-0.2, 0) is 0 Å². The molecule has 4 rings (SSSR count). The molecule has 0 aliphatic heterocycles. The molecule has 0 aliphatic rings. The Morgan fingerprint density at radius 1 is 1.00 bits per heavy atom. The number of nitrogens with zero attached hydrogens (tertiary/aromatic N) is 1. The number of aromatic nitrogens is 1. The fourth-order valence-electron chi connectivity index (χ4n) is 3.16. The number of halogens is 1. The predicted octanol–water partition coefficient (Wildman–Crippen LogP) is 6.00. The highest BCUT2D eigenvalue weighted by molar-refractivity contribution is 9.10. The Kier molecular flexibility index (Phi) is 5.65. The Morgan fingerprint density at radius 3 is 2.40 bits per heavy atom. The van der Waals surface area contributed by atoms with E-state index < -0.39 is 0 Å². The first-order valence-corrected chi connectivity index (χ1v) is 10.4. The van der Waals surface area contributed by atoms with E-state index in [4.69, 9.17) is 16.6 Å². The molecule has 150 valence electrons. The van der Waals surface area contributed by atoms with Crippen LogP contribution < -0.4 is 10.6 Å². The first-order valence-electron chi connectivity index (χ1n) is 9.24. The highest BCUT2D eigenvalue weighted by Crippen LogP contribution is 2.27. The lowest BCUT2D eigenvalue weighted by Gasteiger charge is -2.10. The number of amides is 1. The number of aryl methyl sites for hydroxylation is 2. The van der Waals surface area contributed by atoms with Gasteiger partial charge in [0.1, 0.15) is 5.52 Å². The fourth-order valence-corrected chi connectivity index (χ4v) is 3.64. The van der Waals surface area contributed by atoms with Gasteiger partial charge in [-0.3, -0.25) is 10.1 Å². The summed E-state index contributed by atoms with van der Waals surface area (Å²) in [6, 6.07) is 18.9. The smallest absolute Gasteiger partial charge is 0.257 e. The molecule has 0 radical (unpaired) electrons. The minimum absolute atomic E-state index is 0.218. The molecule has 1 aromatic heterocycles. The van der Waals surface area contributed by atoms with E-state index in [1.54, 1.807) is 0 Å². The second-order valence-electron chi connectivity index (χ2n) is 6.99. The quantitative estimate of drug-likeness (QED) is 0.352. The maximum Gasteiger partial charge on any atom is 0.257 e. The van der Waals surface area contributed by atoms with E-state index >= 15 is 0 Å². The van der Waals surface area contributed by atoms with Gasteiger partial charge in [-0.25, -0.2) is 4.98 Å². The number of hydrogen-bond donors (Lipinski definition) is 2. The third kappa shape index (κ3) is 4.58. The summed E-state index contributed by atoms with van der Waals surface area (Å²) in [5, 5.41) is 5.97. The molecule has 1 amide bonds. The molecule has 0 bridgehead atoms. The summed E-state index contributed by atoms with van der Waals surface area (Å²) in [6.07, 6.45) is 0. The molecule has 0 fully saturated rings. The number of carbonyl (C=O) groups excluding carboxylic acids is 1. The summed E-state index contributed by atoms with van der Waals surface area (Å²) in [7, 11) is 0. The number of fused-ring (bicyclic) bond motifs is 1. The van der Waals surface area contributed by atoms with Crippen molar-refractivity contribution < 1.29 is 9.21 Å². The number of anilines is 1. The van der Waals surface area contributed by atoms with Crippen LogP contribution in [0.4, 0.5) is 5.69 Å². The zero-order chi connectivity index (χ0) is 21.3. The van der Waals surface area contributed by atoms with Crippen molar-refractivity contribution in [2.75, 3.05) is 5.32 Å². The number of oxazole rings is 1. The fraction of sp³-hybridized carbons (Fsp3) is 0.0870. The first-order chi connectivity index (χ1) is 14.4. The van der Waals surface area contributed by atoms with Crippen molar-refractivity contribution in [1.82, 2.24) is 10.3 Å². The van der Waals surface area contributed by atoms with Crippen molar-refractivity contribution in [2.24, 2.45) is 0 Å². The molecule has 0 saturated heterocycles. The number of nitrogens with one attached hydrogen (secondary N) is 2. The molecule has 3 aromatic carbocycles. The zero-order valence-corrected chi connectivity index (χ0v) is 18.7. The van der Waals surface area contributed by atoms with E-state index in [1.165, 1.54) is 0 Å². The number of rotatable bonds is 3. The van der Waals surface area contributed by atoms with Crippen LogP contribution in [0.5, 0.6) is 0 Å². The van der Waals surface area contributed by atoms with Crippen molar-refractivity contribution in [3.8, 4) is 11.5 Å². The molecule has 0 saturated carbocycles. The van der Waals surface area contributed by atoms with Gasteiger partial charge in [0, 0.05) is 21.3 Å². The number of thiocarbonyl (C=S) groups is 1. The molecule has 7 heteroatoms. The molecule has 5 nitrogen and oxygen atoms in total. The van der Waals surface area contributed by atoms with Crippen LogP contribution in [0.25, 0.3) is 22.6 Å². The normalized spacial score (nSPS) is 10.8. The van der Waals surface area contributed by atoms with Crippen LogP contribution >= 0.6 is 28.1 Å².